The SMILES string of the molecule is O=C(CN1C(=O)c2ccccc2C1c1c[nH]c2ccccc12)NCCCN1CCOCC1. The van der Waals surface area contributed by atoms with Gasteiger partial charge in [-0.1, -0.05) is 36.4 Å². The minimum atomic E-state index is -0.283. The number of hydrogen-bond donors (Lipinski definition) is 2. The van der Waals surface area contributed by atoms with Crippen LogP contribution in [0.3, 0.4) is 0 Å². The van der Waals surface area contributed by atoms with Gasteiger partial charge in [-0.25, -0.2) is 0 Å². The van der Waals surface area contributed by atoms with Crippen molar-refractivity contribution in [1.29, 1.82) is 0 Å². The fourth-order valence-corrected chi connectivity index (χ4v) is 4.75. The van der Waals surface area contributed by atoms with Crippen molar-refractivity contribution in [3.8, 4) is 0 Å². The molecule has 2 aromatic carbocycles. The maximum absolute atomic E-state index is 13.2. The van der Waals surface area contributed by atoms with Gasteiger partial charge in [0.2, 0.25) is 5.91 Å². The zero-order chi connectivity index (χ0) is 21.9. The molecule has 5 rings (SSSR count). The van der Waals surface area contributed by atoms with Crippen molar-refractivity contribution >= 4 is 22.7 Å². The number of carbonyl (C=O) groups is 2. The van der Waals surface area contributed by atoms with Crippen LogP contribution in [0.15, 0.2) is 54.7 Å². The predicted molar refractivity (Wildman–Crippen MR) is 123 cm³/mol. The van der Waals surface area contributed by atoms with Gasteiger partial charge in [-0.3, -0.25) is 14.5 Å². The Morgan fingerprint density at radius 3 is 2.72 bits per heavy atom. The summed E-state index contributed by atoms with van der Waals surface area (Å²) in [6, 6.07) is 15.4. The van der Waals surface area contributed by atoms with E-state index in [4.69, 9.17) is 4.74 Å². The molecule has 1 unspecified atom stereocenters. The number of fused-ring (bicyclic) bond motifs is 2. The number of amides is 2. The van der Waals surface area contributed by atoms with Crippen LogP contribution in [0.25, 0.3) is 10.9 Å². The van der Waals surface area contributed by atoms with E-state index in [1.165, 1.54) is 0 Å². The predicted octanol–water partition coefficient (Wildman–Crippen LogP) is 2.55. The standard InChI is InChI=1S/C25H28N4O3/c30-23(26-10-5-11-28-12-14-32-15-13-28)17-29-24(19-7-1-2-8-20(19)25(29)31)21-16-27-22-9-4-3-6-18(21)22/h1-4,6-9,16,24,27H,5,10-15,17H2,(H,26,30). The van der Waals surface area contributed by atoms with Gasteiger partial charge in [0.05, 0.1) is 19.3 Å². The third kappa shape index (κ3) is 4.01. The fourth-order valence-electron chi connectivity index (χ4n) is 4.75. The largest absolute Gasteiger partial charge is 0.379 e. The molecule has 2 aliphatic rings. The molecule has 0 radical (unpaired) electrons. The first-order valence-electron chi connectivity index (χ1n) is 11.2. The van der Waals surface area contributed by atoms with Crippen molar-refractivity contribution in [2.45, 2.75) is 12.5 Å². The molecule has 0 spiro atoms. The molecule has 2 aliphatic heterocycles. The summed E-state index contributed by atoms with van der Waals surface area (Å²) in [6.45, 7) is 5.02. The fraction of sp³-hybridized carbons (Fsp3) is 0.360. The highest BCUT2D eigenvalue weighted by atomic mass is 16.5. The summed E-state index contributed by atoms with van der Waals surface area (Å²) in [5.74, 6) is -0.225. The zero-order valence-corrected chi connectivity index (χ0v) is 18.0. The van der Waals surface area contributed by atoms with Gasteiger partial charge in [0.25, 0.3) is 5.91 Å². The van der Waals surface area contributed by atoms with Gasteiger partial charge in [0, 0.05) is 47.9 Å². The lowest BCUT2D eigenvalue weighted by atomic mass is 9.97. The summed E-state index contributed by atoms with van der Waals surface area (Å²) < 4.78 is 5.37. The minimum absolute atomic E-state index is 0.0369. The van der Waals surface area contributed by atoms with E-state index >= 15 is 0 Å². The third-order valence-electron chi connectivity index (χ3n) is 6.37. The first-order chi connectivity index (χ1) is 15.7. The van der Waals surface area contributed by atoms with E-state index in [9.17, 15) is 9.59 Å². The quantitative estimate of drug-likeness (QED) is 0.563. The first kappa shape index (κ1) is 20.7. The Labute approximate surface area is 187 Å². The van der Waals surface area contributed by atoms with Crippen LogP contribution < -0.4 is 5.32 Å². The smallest absolute Gasteiger partial charge is 0.255 e. The molecule has 7 nitrogen and oxygen atoms in total. The van der Waals surface area contributed by atoms with Crippen LogP contribution in [0, 0.1) is 0 Å². The number of carbonyl (C=O) groups excluding carboxylic acids is 2. The number of hydrogen-bond acceptors (Lipinski definition) is 4. The number of H-pyrrole nitrogens is 1. The second-order valence-corrected chi connectivity index (χ2v) is 8.37. The number of nitrogens with one attached hydrogen (secondary N) is 2. The number of ether oxygens (including phenoxy) is 1. The van der Waals surface area contributed by atoms with Gasteiger partial charge < -0.3 is 19.9 Å². The van der Waals surface area contributed by atoms with Crippen LogP contribution in [-0.2, 0) is 9.53 Å². The Morgan fingerprint density at radius 2 is 1.84 bits per heavy atom. The Morgan fingerprint density at radius 1 is 1.06 bits per heavy atom. The normalized spacial score (nSPS) is 18.8. The number of morpholine rings is 1. The average molecular weight is 433 g/mol. The first-order valence-corrected chi connectivity index (χ1v) is 11.2. The molecule has 166 valence electrons. The van der Waals surface area contributed by atoms with E-state index < -0.39 is 0 Å². The lowest BCUT2D eigenvalue weighted by Crippen LogP contribution is -2.41. The summed E-state index contributed by atoms with van der Waals surface area (Å²) in [6.07, 6.45) is 2.84. The summed E-state index contributed by atoms with van der Waals surface area (Å²) in [7, 11) is 0. The Balaban J connectivity index is 1.29. The maximum atomic E-state index is 13.2. The van der Waals surface area contributed by atoms with Crippen molar-refractivity contribution in [3.63, 3.8) is 0 Å². The van der Waals surface area contributed by atoms with Crippen molar-refractivity contribution in [3.05, 3.63) is 71.4 Å². The topological polar surface area (TPSA) is 77.7 Å². The lowest BCUT2D eigenvalue weighted by Gasteiger charge is -2.27. The zero-order valence-electron chi connectivity index (χ0n) is 18.0. The number of para-hydroxylation sites is 1. The molecule has 0 saturated carbocycles. The number of aromatic nitrogens is 1. The molecule has 3 aromatic rings. The van der Waals surface area contributed by atoms with Crippen molar-refractivity contribution in [1.82, 2.24) is 20.1 Å². The summed E-state index contributed by atoms with van der Waals surface area (Å²) in [5, 5.41) is 4.07. The van der Waals surface area contributed by atoms with E-state index in [0.29, 0.717) is 12.1 Å². The number of aromatic amines is 1. The summed E-state index contributed by atoms with van der Waals surface area (Å²) >= 11 is 0. The monoisotopic (exact) mass is 432 g/mol. The highest BCUT2D eigenvalue weighted by molar-refractivity contribution is 6.02. The number of benzene rings is 2. The molecule has 1 aromatic heterocycles. The molecule has 1 saturated heterocycles. The lowest BCUT2D eigenvalue weighted by molar-refractivity contribution is -0.122. The van der Waals surface area contributed by atoms with Gasteiger partial charge in [-0.15, -0.1) is 0 Å². The van der Waals surface area contributed by atoms with Crippen molar-refractivity contribution in [2.75, 3.05) is 45.9 Å². The molecule has 0 aliphatic carbocycles. The average Bonchev–Trinajstić information content (AvgIpc) is 3.37. The van der Waals surface area contributed by atoms with Crippen molar-refractivity contribution < 1.29 is 14.3 Å². The number of rotatable bonds is 7. The molecule has 0 bridgehead atoms. The van der Waals surface area contributed by atoms with Gasteiger partial charge in [-0.2, -0.15) is 0 Å². The van der Waals surface area contributed by atoms with Gasteiger partial charge in [-0.05, 0) is 30.7 Å². The Hall–Kier alpha value is -3.16. The van der Waals surface area contributed by atoms with Gasteiger partial charge in [0.15, 0.2) is 0 Å². The highest BCUT2D eigenvalue weighted by Gasteiger charge is 2.39. The van der Waals surface area contributed by atoms with E-state index in [-0.39, 0.29) is 24.4 Å². The van der Waals surface area contributed by atoms with E-state index in [1.807, 2.05) is 48.7 Å². The van der Waals surface area contributed by atoms with Crippen LogP contribution >= 0.6 is 0 Å². The summed E-state index contributed by atoms with van der Waals surface area (Å²) in [5.41, 5.74) is 3.65. The molecule has 7 heteroatoms. The van der Waals surface area contributed by atoms with E-state index in [2.05, 4.69) is 21.3 Å². The van der Waals surface area contributed by atoms with Crippen LogP contribution in [0.1, 0.15) is 33.9 Å². The Bertz CT molecular complexity index is 1120. The van der Waals surface area contributed by atoms with E-state index in [0.717, 1.165) is 61.3 Å². The van der Waals surface area contributed by atoms with Crippen LogP contribution in [-0.4, -0.2) is 72.5 Å². The molecular weight excluding hydrogens is 404 g/mol. The van der Waals surface area contributed by atoms with Gasteiger partial charge >= 0.3 is 0 Å². The van der Waals surface area contributed by atoms with Gasteiger partial charge in [0.1, 0.15) is 6.54 Å². The maximum Gasteiger partial charge on any atom is 0.255 e. The molecule has 3 heterocycles. The molecule has 32 heavy (non-hydrogen) atoms. The van der Waals surface area contributed by atoms with Crippen LogP contribution in [0.2, 0.25) is 0 Å². The molecule has 1 atom stereocenters. The third-order valence-corrected chi connectivity index (χ3v) is 6.37. The number of nitrogens with zero attached hydrogens (tertiary/aromatic N) is 2. The second-order valence-electron chi connectivity index (χ2n) is 8.37. The molecule has 2 N–H and O–H groups in total. The van der Waals surface area contributed by atoms with Crippen LogP contribution in [0.5, 0.6) is 0 Å². The summed E-state index contributed by atoms with van der Waals surface area (Å²) in [4.78, 5) is 33.4. The second kappa shape index (κ2) is 9.14. The van der Waals surface area contributed by atoms with E-state index in [1.54, 1.807) is 4.90 Å². The van der Waals surface area contributed by atoms with Crippen LogP contribution in [0.4, 0.5) is 0 Å². The van der Waals surface area contributed by atoms with Crippen molar-refractivity contribution in [2.24, 2.45) is 0 Å². The minimum Gasteiger partial charge on any atom is -0.379 e. The molecule has 1 fully saturated rings. The highest BCUT2D eigenvalue weighted by Crippen LogP contribution is 2.40. The molecule has 2 amide bonds. The molecular formula is C25H28N4O3. The Kier molecular flexibility index (Phi) is 5.92.